The molecule has 0 saturated carbocycles. The predicted molar refractivity (Wildman–Crippen MR) is 123 cm³/mol. The molecule has 0 fully saturated rings. The summed E-state index contributed by atoms with van der Waals surface area (Å²) in [5.74, 6) is -0.867. The number of hydrogen-bond acceptors (Lipinski definition) is 5. The number of carbonyl (C=O) groups is 2. The maximum atomic E-state index is 13.1. The largest absolute Gasteiger partial charge is 0.503 e. The Morgan fingerprint density at radius 1 is 1.16 bits per heavy atom. The standard InChI is InChI=1S/C26H29NO5/c1-18(2)32-16-8-15-27-24(20-11-7-12-21(17-20)31-3)23(25(29)26(27)30)22(28)14-13-19-9-5-4-6-10-19/h4-7,9-14,17-18,24,29H,8,15-16H2,1-3H3/b14-13+/t24-/m0/s1. The molecule has 32 heavy (non-hydrogen) atoms. The summed E-state index contributed by atoms with van der Waals surface area (Å²) in [5.41, 5.74) is 1.62. The minimum Gasteiger partial charge on any atom is -0.503 e. The van der Waals surface area contributed by atoms with Gasteiger partial charge in [-0.3, -0.25) is 9.59 Å². The zero-order valence-electron chi connectivity index (χ0n) is 18.7. The normalized spacial score (nSPS) is 16.4. The molecule has 0 spiro atoms. The van der Waals surface area contributed by atoms with Crippen LogP contribution >= 0.6 is 0 Å². The number of rotatable bonds is 10. The third kappa shape index (κ3) is 5.45. The zero-order chi connectivity index (χ0) is 23.1. The summed E-state index contributed by atoms with van der Waals surface area (Å²) in [6, 6.07) is 15.9. The second-order valence-electron chi connectivity index (χ2n) is 7.82. The fraction of sp³-hybridized carbons (Fsp3) is 0.308. The summed E-state index contributed by atoms with van der Waals surface area (Å²) < 4.78 is 10.9. The summed E-state index contributed by atoms with van der Waals surface area (Å²) >= 11 is 0. The van der Waals surface area contributed by atoms with Gasteiger partial charge in [0.25, 0.3) is 5.91 Å². The summed E-state index contributed by atoms with van der Waals surface area (Å²) in [5, 5.41) is 10.7. The Hall–Kier alpha value is -3.38. The number of methoxy groups -OCH3 is 1. The fourth-order valence-electron chi connectivity index (χ4n) is 3.67. The highest BCUT2D eigenvalue weighted by molar-refractivity contribution is 6.14. The lowest BCUT2D eigenvalue weighted by molar-refractivity contribution is -0.129. The molecule has 2 aromatic rings. The Bertz CT molecular complexity index is 1010. The van der Waals surface area contributed by atoms with Crippen molar-refractivity contribution in [2.24, 2.45) is 0 Å². The number of nitrogens with zero attached hydrogens (tertiary/aromatic N) is 1. The van der Waals surface area contributed by atoms with E-state index in [9.17, 15) is 14.7 Å². The Balaban J connectivity index is 1.92. The first-order valence-corrected chi connectivity index (χ1v) is 10.7. The molecular formula is C26H29NO5. The average Bonchev–Trinajstić information content (AvgIpc) is 3.06. The SMILES string of the molecule is COc1cccc([C@H]2C(C(=O)/C=C/c3ccccc3)=C(O)C(=O)N2CCCOC(C)C)c1. The minimum absolute atomic E-state index is 0.0696. The van der Waals surface area contributed by atoms with Crippen LogP contribution in [-0.4, -0.2) is 48.1 Å². The lowest BCUT2D eigenvalue weighted by Gasteiger charge is -2.27. The van der Waals surface area contributed by atoms with Crippen molar-refractivity contribution in [3.05, 3.63) is 83.1 Å². The molecule has 0 radical (unpaired) electrons. The van der Waals surface area contributed by atoms with Crippen molar-refractivity contribution in [1.29, 1.82) is 0 Å². The molecule has 2 aromatic carbocycles. The van der Waals surface area contributed by atoms with Crippen LogP contribution in [0, 0.1) is 0 Å². The van der Waals surface area contributed by atoms with E-state index < -0.39 is 23.5 Å². The molecule has 0 aliphatic carbocycles. The van der Waals surface area contributed by atoms with E-state index in [1.807, 2.05) is 50.2 Å². The Morgan fingerprint density at radius 2 is 1.91 bits per heavy atom. The topological polar surface area (TPSA) is 76.1 Å². The molecule has 1 aliphatic rings. The first kappa shape index (κ1) is 23.3. The zero-order valence-corrected chi connectivity index (χ0v) is 18.7. The number of aliphatic hydroxyl groups excluding tert-OH is 1. The lowest BCUT2D eigenvalue weighted by Crippen LogP contribution is -2.32. The minimum atomic E-state index is -0.704. The highest BCUT2D eigenvalue weighted by Crippen LogP contribution is 2.39. The van der Waals surface area contributed by atoms with E-state index in [1.54, 1.807) is 31.4 Å². The van der Waals surface area contributed by atoms with E-state index in [2.05, 4.69) is 0 Å². The van der Waals surface area contributed by atoms with Crippen LogP contribution in [0.5, 0.6) is 5.75 Å². The van der Waals surface area contributed by atoms with Crippen molar-refractivity contribution < 1.29 is 24.2 Å². The van der Waals surface area contributed by atoms with Crippen molar-refractivity contribution in [3.8, 4) is 5.75 Å². The monoisotopic (exact) mass is 435 g/mol. The third-order valence-corrected chi connectivity index (χ3v) is 5.20. The predicted octanol–water partition coefficient (Wildman–Crippen LogP) is 4.49. The Kier molecular flexibility index (Phi) is 7.84. The van der Waals surface area contributed by atoms with Crippen LogP contribution in [0.25, 0.3) is 6.08 Å². The summed E-state index contributed by atoms with van der Waals surface area (Å²) in [6.45, 7) is 4.72. The molecule has 3 rings (SSSR count). The van der Waals surface area contributed by atoms with Crippen LogP contribution in [0.2, 0.25) is 0 Å². The molecule has 1 heterocycles. The van der Waals surface area contributed by atoms with Gasteiger partial charge in [0, 0.05) is 13.2 Å². The van der Waals surface area contributed by atoms with Crippen LogP contribution in [0.15, 0.2) is 72.0 Å². The second-order valence-corrected chi connectivity index (χ2v) is 7.82. The van der Waals surface area contributed by atoms with Crippen molar-refractivity contribution in [2.75, 3.05) is 20.3 Å². The van der Waals surface area contributed by atoms with Crippen molar-refractivity contribution in [2.45, 2.75) is 32.4 Å². The van der Waals surface area contributed by atoms with Gasteiger partial charge in [0.1, 0.15) is 5.75 Å². The highest BCUT2D eigenvalue weighted by Gasteiger charge is 2.42. The summed E-state index contributed by atoms with van der Waals surface area (Å²) in [6.07, 6.45) is 3.74. The van der Waals surface area contributed by atoms with Crippen molar-refractivity contribution in [1.82, 2.24) is 4.90 Å². The van der Waals surface area contributed by atoms with Crippen LogP contribution < -0.4 is 4.74 Å². The lowest BCUT2D eigenvalue weighted by atomic mass is 9.95. The van der Waals surface area contributed by atoms with Gasteiger partial charge < -0.3 is 19.5 Å². The van der Waals surface area contributed by atoms with Gasteiger partial charge in [0.15, 0.2) is 11.5 Å². The quantitative estimate of drug-likeness (QED) is 0.440. The average molecular weight is 436 g/mol. The van der Waals surface area contributed by atoms with Gasteiger partial charge in [-0.25, -0.2) is 0 Å². The van der Waals surface area contributed by atoms with E-state index in [0.29, 0.717) is 30.9 Å². The number of carbonyl (C=O) groups excluding carboxylic acids is 2. The molecule has 1 amide bonds. The number of amides is 1. The first-order chi connectivity index (χ1) is 15.4. The van der Waals surface area contributed by atoms with Gasteiger partial charge >= 0.3 is 0 Å². The smallest absolute Gasteiger partial charge is 0.290 e. The first-order valence-electron chi connectivity index (χ1n) is 10.7. The molecule has 1 aliphatic heterocycles. The molecule has 1 N–H and O–H groups in total. The van der Waals surface area contributed by atoms with Gasteiger partial charge in [-0.15, -0.1) is 0 Å². The Labute approximate surface area is 188 Å². The van der Waals surface area contributed by atoms with Crippen LogP contribution in [0.4, 0.5) is 0 Å². The Morgan fingerprint density at radius 3 is 2.59 bits per heavy atom. The highest BCUT2D eigenvalue weighted by atomic mass is 16.5. The second kappa shape index (κ2) is 10.8. The van der Waals surface area contributed by atoms with Crippen LogP contribution in [-0.2, 0) is 14.3 Å². The molecule has 0 bridgehead atoms. The van der Waals surface area contributed by atoms with Crippen LogP contribution in [0.3, 0.4) is 0 Å². The molecule has 1 atom stereocenters. The number of benzene rings is 2. The maximum absolute atomic E-state index is 13.1. The van der Waals surface area contributed by atoms with Crippen molar-refractivity contribution in [3.63, 3.8) is 0 Å². The van der Waals surface area contributed by atoms with Crippen molar-refractivity contribution >= 4 is 17.8 Å². The number of aliphatic hydroxyl groups is 1. The van der Waals surface area contributed by atoms with Gasteiger partial charge in [-0.05, 0) is 49.6 Å². The van der Waals surface area contributed by atoms with E-state index in [1.165, 1.54) is 11.0 Å². The maximum Gasteiger partial charge on any atom is 0.290 e. The number of ether oxygens (including phenoxy) is 2. The number of ketones is 1. The van der Waals surface area contributed by atoms with Gasteiger partial charge in [0.05, 0.1) is 24.8 Å². The number of allylic oxidation sites excluding steroid dienone is 1. The van der Waals surface area contributed by atoms with E-state index in [-0.39, 0.29) is 11.7 Å². The molecular weight excluding hydrogens is 406 g/mol. The van der Waals surface area contributed by atoms with Crippen LogP contribution in [0.1, 0.15) is 37.4 Å². The van der Waals surface area contributed by atoms with Gasteiger partial charge in [0.2, 0.25) is 0 Å². The van der Waals surface area contributed by atoms with E-state index in [0.717, 1.165) is 5.56 Å². The summed E-state index contributed by atoms with van der Waals surface area (Å²) in [4.78, 5) is 27.6. The van der Waals surface area contributed by atoms with Gasteiger partial charge in [-0.2, -0.15) is 0 Å². The molecule has 0 unspecified atom stereocenters. The molecule has 6 nitrogen and oxygen atoms in total. The molecule has 0 saturated heterocycles. The van der Waals surface area contributed by atoms with E-state index >= 15 is 0 Å². The number of hydrogen-bond donors (Lipinski definition) is 1. The summed E-state index contributed by atoms with van der Waals surface area (Å²) in [7, 11) is 1.56. The molecule has 0 aromatic heterocycles. The molecule has 6 heteroatoms. The third-order valence-electron chi connectivity index (χ3n) is 5.20. The molecule has 168 valence electrons. The van der Waals surface area contributed by atoms with Gasteiger partial charge in [-0.1, -0.05) is 48.5 Å². The van der Waals surface area contributed by atoms with E-state index in [4.69, 9.17) is 9.47 Å². The fourth-order valence-corrected chi connectivity index (χ4v) is 3.67.